The number of rotatable bonds is 6. The fourth-order valence-electron chi connectivity index (χ4n) is 4.21. The standard InChI is InChI=1S/C19H29N3O/c23-19(11-9-17-15-20-12-13-21-17)22-14-4-7-18(22)10-8-16-5-2-1-3-6-16/h12-13,15-16,18H,1-11,14H2/t18-/m1/s1. The number of carbonyl (C=O) groups is 1. The topological polar surface area (TPSA) is 46.1 Å². The van der Waals surface area contributed by atoms with Gasteiger partial charge in [-0.15, -0.1) is 0 Å². The maximum absolute atomic E-state index is 12.6. The second-order valence-electron chi connectivity index (χ2n) is 7.16. The number of amides is 1. The van der Waals surface area contributed by atoms with Gasteiger partial charge >= 0.3 is 0 Å². The molecule has 1 aromatic rings. The summed E-state index contributed by atoms with van der Waals surface area (Å²) < 4.78 is 0. The van der Waals surface area contributed by atoms with E-state index in [0.29, 0.717) is 24.8 Å². The molecular formula is C19H29N3O. The van der Waals surface area contributed by atoms with Crippen molar-refractivity contribution in [3.8, 4) is 0 Å². The van der Waals surface area contributed by atoms with Crippen LogP contribution in [-0.2, 0) is 11.2 Å². The van der Waals surface area contributed by atoms with E-state index in [1.54, 1.807) is 18.6 Å². The summed E-state index contributed by atoms with van der Waals surface area (Å²) >= 11 is 0. The number of carbonyl (C=O) groups excluding carboxylic acids is 1. The molecule has 2 fully saturated rings. The first-order valence-electron chi connectivity index (χ1n) is 9.37. The van der Waals surface area contributed by atoms with Crippen LogP contribution in [0.15, 0.2) is 18.6 Å². The van der Waals surface area contributed by atoms with Crippen LogP contribution in [0.3, 0.4) is 0 Å². The van der Waals surface area contributed by atoms with E-state index < -0.39 is 0 Å². The molecule has 0 spiro atoms. The number of hydrogen-bond donors (Lipinski definition) is 0. The van der Waals surface area contributed by atoms with Crippen LogP contribution < -0.4 is 0 Å². The van der Waals surface area contributed by atoms with Gasteiger partial charge in [-0.2, -0.15) is 0 Å². The van der Waals surface area contributed by atoms with Crippen molar-refractivity contribution in [2.75, 3.05) is 6.54 Å². The molecule has 0 aromatic carbocycles. The largest absolute Gasteiger partial charge is 0.340 e. The Labute approximate surface area is 139 Å². The number of nitrogens with zero attached hydrogens (tertiary/aromatic N) is 3. The second kappa shape index (κ2) is 8.42. The molecule has 1 atom stereocenters. The Hall–Kier alpha value is -1.45. The van der Waals surface area contributed by atoms with E-state index >= 15 is 0 Å². The average Bonchev–Trinajstić information content (AvgIpc) is 3.08. The molecule has 1 saturated carbocycles. The van der Waals surface area contributed by atoms with E-state index in [1.807, 2.05) is 0 Å². The highest BCUT2D eigenvalue weighted by Gasteiger charge is 2.28. The fraction of sp³-hybridized carbons (Fsp3) is 0.737. The zero-order valence-corrected chi connectivity index (χ0v) is 14.1. The van der Waals surface area contributed by atoms with Crippen molar-refractivity contribution in [1.82, 2.24) is 14.9 Å². The van der Waals surface area contributed by atoms with Crippen LogP contribution in [0.25, 0.3) is 0 Å². The lowest BCUT2D eigenvalue weighted by atomic mass is 9.85. The predicted octanol–water partition coefficient (Wildman–Crippen LogP) is 3.76. The molecule has 1 aliphatic heterocycles. The first kappa shape index (κ1) is 16.4. The van der Waals surface area contributed by atoms with Gasteiger partial charge in [0.25, 0.3) is 0 Å². The van der Waals surface area contributed by atoms with Crippen LogP contribution in [0.1, 0.15) is 69.9 Å². The zero-order chi connectivity index (χ0) is 15.9. The molecule has 3 rings (SSSR count). The van der Waals surface area contributed by atoms with Gasteiger partial charge in [0.1, 0.15) is 0 Å². The molecule has 4 heteroatoms. The van der Waals surface area contributed by atoms with Gasteiger partial charge in [0.05, 0.1) is 5.69 Å². The lowest BCUT2D eigenvalue weighted by Gasteiger charge is -2.28. The SMILES string of the molecule is O=C(CCc1cnccn1)N1CCC[C@@H]1CCC1CCCCC1. The Morgan fingerprint density at radius 1 is 1.09 bits per heavy atom. The molecule has 2 aliphatic rings. The molecule has 1 saturated heterocycles. The van der Waals surface area contributed by atoms with Gasteiger partial charge < -0.3 is 4.90 Å². The number of aromatic nitrogens is 2. The Morgan fingerprint density at radius 2 is 1.96 bits per heavy atom. The molecule has 0 radical (unpaired) electrons. The van der Waals surface area contributed by atoms with Gasteiger partial charge in [0.2, 0.25) is 5.91 Å². The molecule has 1 aromatic heterocycles. The summed E-state index contributed by atoms with van der Waals surface area (Å²) in [6.07, 6.45) is 18.4. The van der Waals surface area contributed by atoms with Crippen LogP contribution in [0, 0.1) is 5.92 Å². The van der Waals surface area contributed by atoms with Crippen molar-refractivity contribution >= 4 is 5.91 Å². The molecule has 0 N–H and O–H groups in total. The number of hydrogen-bond acceptors (Lipinski definition) is 3. The summed E-state index contributed by atoms with van der Waals surface area (Å²) in [5.41, 5.74) is 0.916. The quantitative estimate of drug-likeness (QED) is 0.803. The minimum absolute atomic E-state index is 0.307. The van der Waals surface area contributed by atoms with Gasteiger partial charge in [-0.3, -0.25) is 14.8 Å². The Bertz CT molecular complexity index is 485. The van der Waals surface area contributed by atoms with E-state index in [2.05, 4.69) is 14.9 Å². The third-order valence-electron chi connectivity index (χ3n) is 5.54. The first-order valence-corrected chi connectivity index (χ1v) is 9.37. The van der Waals surface area contributed by atoms with Crippen molar-refractivity contribution in [2.24, 2.45) is 5.92 Å². The molecule has 126 valence electrons. The fourth-order valence-corrected chi connectivity index (χ4v) is 4.21. The van der Waals surface area contributed by atoms with Gasteiger partial charge in [-0.25, -0.2) is 0 Å². The Balaban J connectivity index is 1.44. The highest BCUT2D eigenvalue weighted by molar-refractivity contribution is 5.77. The monoisotopic (exact) mass is 315 g/mol. The summed E-state index contributed by atoms with van der Waals surface area (Å²) in [6.45, 7) is 0.953. The maximum Gasteiger partial charge on any atom is 0.223 e. The molecular weight excluding hydrogens is 286 g/mol. The molecule has 4 nitrogen and oxygen atoms in total. The van der Waals surface area contributed by atoms with E-state index in [9.17, 15) is 4.79 Å². The molecule has 0 bridgehead atoms. The second-order valence-corrected chi connectivity index (χ2v) is 7.16. The zero-order valence-electron chi connectivity index (χ0n) is 14.1. The lowest BCUT2D eigenvalue weighted by Crippen LogP contribution is -2.36. The van der Waals surface area contributed by atoms with Crippen molar-refractivity contribution in [3.05, 3.63) is 24.3 Å². The first-order chi connectivity index (χ1) is 11.3. The normalized spacial score (nSPS) is 22.4. The van der Waals surface area contributed by atoms with Crippen LogP contribution in [0.4, 0.5) is 0 Å². The van der Waals surface area contributed by atoms with Crippen LogP contribution in [0.5, 0.6) is 0 Å². The van der Waals surface area contributed by atoms with Crippen LogP contribution in [0.2, 0.25) is 0 Å². The molecule has 2 heterocycles. The lowest BCUT2D eigenvalue weighted by molar-refractivity contribution is -0.132. The van der Waals surface area contributed by atoms with E-state index in [4.69, 9.17) is 0 Å². The van der Waals surface area contributed by atoms with Crippen molar-refractivity contribution in [3.63, 3.8) is 0 Å². The Kier molecular flexibility index (Phi) is 6.00. The van der Waals surface area contributed by atoms with Crippen LogP contribution >= 0.6 is 0 Å². The highest BCUT2D eigenvalue weighted by atomic mass is 16.2. The summed E-state index contributed by atoms with van der Waals surface area (Å²) in [4.78, 5) is 23.0. The molecule has 23 heavy (non-hydrogen) atoms. The maximum atomic E-state index is 12.6. The van der Waals surface area contributed by atoms with Crippen molar-refractivity contribution in [1.29, 1.82) is 0 Å². The minimum Gasteiger partial charge on any atom is -0.340 e. The molecule has 1 amide bonds. The predicted molar refractivity (Wildman–Crippen MR) is 90.9 cm³/mol. The van der Waals surface area contributed by atoms with Crippen LogP contribution in [-0.4, -0.2) is 33.4 Å². The smallest absolute Gasteiger partial charge is 0.223 e. The summed E-state index contributed by atoms with van der Waals surface area (Å²) in [6, 6.07) is 0.492. The average molecular weight is 315 g/mol. The van der Waals surface area contributed by atoms with Crippen molar-refractivity contribution < 1.29 is 4.79 Å². The molecule has 1 aliphatic carbocycles. The molecule has 0 unspecified atom stereocenters. The minimum atomic E-state index is 0.307. The van der Waals surface area contributed by atoms with Gasteiger partial charge in [0.15, 0.2) is 0 Å². The number of aryl methyl sites for hydroxylation is 1. The summed E-state index contributed by atoms with van der Waals surface area (Å²) in [7, 11) is 0. The Morgan fingerprint density at radius 3 is 2.74 bits per heavy atom. The van der Waals surface area contributed by atoms with E-state index in [-0.39, 0.29) is 0 Å². The third kappa shape index (κ3) is 4.76. The van der Waals surface area contributed by atoms with Crippen molar-refractivity contribution in [2.45, 2.75) is 76.7 Å². The van der Waals surface area contributed by atoms with Gasteiger partial charge in [0, 0.05) is 37.6 Å². The number of likely N-dealkylation sites (tertiary alicyclic amines) is 1. The summed E-state index contributed by atoms with van der Waals surface area (Å²) in [5.74, 6) is 1.22. The van der Waals surface area contributed by atoms with E-state index in [1.165, 1.54) is 57.8 Å². The highest BCUT2D eigenvalue weighted by Crippen LogP contribution is 2.30. The van der Waals surface area contributed by atoms with Gasteiger partial charge in [-0.1, -0.05) is 32.1 Å². The van der Waals surface area contributed by atoms with Gasteiger partial charge in [-0.05, 0) is 38.0 Å². The third-order valence-corrected chi connectivity index (χ3v) is 5.54. The van der Waals surface area contributed by atoms with E-state index in [0.717, 1.165) is 18.2 Å². The summed E-state index contributed by atoms with van der Waals surface area (Å²) in [5, 5.41) is 0.